The molecule has 7 nitrogen and oxygen atoms in total. The van der Waals surface area contributed by atoms with Gasteiger partial charge in [-0.3, -0.25) is 19.3 Å². The van der Waals surface area contributed by atoms with E-state index in [-0.39, 0.29) is 37.3 Å². The maximum Gasteiger partial charge on any atom is 0.416 e. The van der Waals surface area contributed by atoms with Crippen LogP contribution in [0.1, 0.15) is 44.9 Å². The molecule has 1 aliphatic heterocycles. The fourth-order valence-electron chi connectivity index (χ4n) is 3.50. The molecule has 0 unspecified atom stereocenters. The van der Waals surface area contributed by atoms with Crippen molar-refractivity contribution in [3.8, 4) is 0 Å². The number of carbonyl (C=O) groups excluding carboxylic acids is 2. The lowest BCUT2D eigenvalue weighted by Gasteiger charge is -2.32. The van der Waals surface area contributed by atoms with E-state index in [1.807, 2.05) is 13.8 Å². The Hall–Kier alpha value is -3.34. The zero-order valence-electron chi connectivity index (χ0n) is 17.1. The van der Waals surface area contributed by atoms with E-state index in [1.165, 1.54) is 34.1 Å². The van der Waals surface area contributed by atoms with Crippen molar-refractivity contribution in [3.63, 3.8) is 0 Å². The van der Waals surface area contributed by atoms with E-state index in [0.29, 0.717) is 11.4 Å². The van der Waals surface area contributed by atoms with Crippen molar-refractivity contribution in [2.24, 2.45) is 0 Å². The third-order valence-electron chi connectivity index (χ3n) is 4.99. The van der Waals surface area contributed by atoms with Gasteiger partial charge >= 0.3 is 6.18 Å². The van der Waals surface area contributed by atoms with Gasteiger partial charge in [-0.05, 0) is 49.7 Å². The number of carbonyl (C=O) groups is 2. The quantitative estimate of drug-likeness (QED) is 0.632. The van der Waals surface area contributed by atoms with Crippen LogP contribution in [-0.4, -0.2) is 33.1 Å². The molecule has 11 heteroatoms. The first-order valence-electron chi connectivity index (χ1n) is 9.45. The van der Waals surface area contributed by atoms with Crippen LogP contribution in [0.25, 0.3) is 0 Å². The second-order valence-electron chi connectivity index (χ2n) is 7.37. The minimum Gasteiger partial charge on any atom is -0.320 e. The van der Waals surface area contributed by atoms with Crippen molar-refractivity contribution in [2.45, 2.75) is 26.1 Å². The molecule has 2 aromatic heterocycles. The molecular weight excluding hydrogens is 443 g/mol. The van der Waals surface area contributed by atoms with Gasteiger partial charge in [-0.15, -0.1) is 0 Å². The number of benzene rings is 1. The molecule has 0 spiro atoms. The van der Waals surface area contributed by atoms with Crippen LogP contribution in [0.5, 0.6) is 0 Å². The topological polar surface area (TPSA) is 80.1 Å². The highest BCUT2D eigenvalue weighted by Gasteiger charge is 2.36. The normalized spacial score (nSPS) is 15.7. The second-order valence-corrected chi connectivity index (χ2v) is 7.37. The molecule has 3 aromatic rings. The Morgan fingerprint density at radius 1 is 1.16 bits per heavy atom. The Bertz CT molecular complexity index is 1160. The Morgan fingerprint density at radius 2 is 1.84 bits per heavy atom. The van der Waals surface area contributed by atoms with Crippen LogP contribution in [0.3, 0.4) is 0 Å². The van der Waals surface area contributed by atoms with Crippen LogP contribution in [0.4, 0.5) is 24.5 Å². The van der Waals surface area contributed by atoms with Gasteiger partial charge in [-0.1, -0.05) is 0 Å². The molecule has 1 atom stereocenters. The van der Waals surface area contributed by atoms with E-state index < -0.39 is 23.6 Å². The fourth-order valence-corrected chi connectivity index (χ4v) is 3.50. The maximum absolute atomic E-state index is 13.2. The lowest BCUT2D eigenvalue weighted by Crippen LogP contribution is -2.43. The van der Waals surface area contributed by atoms with Gasteiger partial charge in [-0.2, -0.15) is 31.8 Å². The molecule has 0 saturated carbocycles. The van der Waals surface area contributed by atoms with Gasteiger partial charge < -0.3 is 10.2 Å². The van der Waals surface area contributed by atoms with Crippen molar-refractivity contribution in [1.29, 1.82) is 0 Å². The minimum absolute atomic E-state index is 0. The Morgan fingerprint density at radius 3 is 2.47 bits per heavy atom. The Labute approximate surface area is 188 Å². The Balaban J connectivity index is 0.00000289. The number of hydrogen-bond acceptors (Lipinski definition) is 4. The van der Waals surface area contributed by atoms with Crippen molar-refractivity contribution >= 4 is 36.7 Å². The van der Waals surface area contributed by atoms with Crippen molar-refractivity contribution in [3.05, 3.63) is 71.3 Å². The summed E-state index contributed by atoms with van der Waals surface area (Å²) >= 11 is 0. The lowest BCUT2D eigenvalue weighted by atomic mass is 10.1. The van der Waals surface area contributed by atoms with Crippen LogP contribution < -0.4 is 10.2 Å². The molecule has 4 rings (SSSR count). The van der Waals surface area contributed by atoms with E-state index in [2.05, 4.69) is 15.4 Å². The van der Waals surface area contributed by atoms with E-state index in [1.54, 1.807) is 12.3 Å². The summed E-state index contributed by atoms with van der Waals surface area (Å²) in [5.41, 5.74) is 0.998. The highest BCUT2D eigenvalue weighted by atomic mass is 32.1. The number of alkyl halides is 3. The number of aromatic nitrogens is 3. The third-order valence-corrected chi connectivity index (χ3v) is 4.99. The number of halogens is 3. The first-order chi connectivity index (χ1) is 14.6. The van der Waals surface area contributed by atoms with Crippen LogP contribution in [0.15, 0.2) is 48.9 Å². The van der Waals surface area contributed by atoms with Crippen LogP contribution in [0, 0.1) is 6.92 Å². The summed E-state index contributed by atoms with van der Waals surface area (Å²) in [4.78, 5) is 31.4. The van der Waals surface area contributed by atoms with Gasteiger partial charge in [0, 0.05) is 18.4 Å². The number of nitrogens with zero attached hydrogens (tertiary/aromatic N) is 4. The summed E-state index contributed by atoms with van der Waals surface area (Å²) in [6.45, 7) is 3.85. The van der Waals surface area contributed by atoms with Crippen molar-refractivity contribution in [2.75, 3.05) is 16.8 Å². The molecule has 0 fully saturated rings. The van der Waals surface area contributed by atoms with Crippen molar-refractivity contribution < 1.29 is 22.8 Å². The molecular formula is C21H20F3N5O2S. The summed E-state index contributed by atoms with van der Waals surface area (Å²) in [5, 5.41) is 6.89. The van der Waals surface area contributed by atoms with Gasteiger partial charge in [0.2, 0.25) is 0 Å². The largest absolute Gasteiger partial charge is 0.416 e. The number of aryl methyl sites for hydroxylation is 1. The molecule has 168 valence electrons. The van der Waals surface area contributed by atoms with E-state index in [4.69, 9.17) is 0 Å². The first-order valence-corrected chi connectivity index (χ1v) is 9.45. The molecule has 3 heterocycles. The standard InChI is InChI=1S/C21H18F3N5O2.H2S/c1-12-7-15(9-25-8-12)27-19(30)17-10-26-29-13(2)11-28(20(31)18(17)29)16-5-3-14(4-6-16)21(22,23)24;/h3-10,13H,11H2,1-2H3,(H,27,30);1H2/t13-;/m0./s1. The zero-order valence-corrected chi connectivity index (χ0v) is 18.1. The van der Waals surface area contributed by atoms with Crippen LogP contribution in [-0.2, 0) is 6.18 Å². The molecule has 1 N–H and O–H groups in total. The predicted octanol–water partition coefficient (Wildman–Crippen LogP) is 4.19. The average molecular weight is 463 g/mol. The highest BCUT2D eigenvalue weighted by molar-refractivity contribution is 7.59. The molecule has 2 amide bonds. The number of rotatable bonds is 3. The van der Waals surface area contributed by atoms with Crippen LogP contribution >= 0.6 is 13.5 Å². The Kier molecular flexibility index (Phi) is 6.31. The monoisotopic (exact) mass is 463 g/mol. The van der Waals surface area contributed by atoms with Gasteiger partial charge in [0.1, 0.15) is 5.69 Å². The molecule has 0 aliphatic carbocycles. The number of pyridine rings is 1. The van der Waals surface area contributed by atoms with E-state index >= 15 is 0 Å². The van der Waals surface area contributed by atoms with Gasteiger partial charge in [0.15, 0.2) is 0 Å². The van der Waals surface area contributed by atoms with Gasteiger partial charge in [0.25, 0.3) is 11.8 Å². The molecule has 1 aliphatic rings. The summed E-state index contributed by atoms with van der Waals surface area (Å²) in [5.74, 6) is -1.04. The highest BCUT2D eigenvalue weighted by Crippen LogP contribution is 2.33. The van der Waals surface area contributed by atoms with Crippen LogP contribution in [0.2, 0.25) is 0 Å². The maximum atomic E-state index is 13.2. The van der Waals surface area contributed by atoms with Gasteiger partial charge in [-0.25, -0.2) is 0 Å². The van der Waals surface area contributed by atoms with E-state index in [9.17, 15) is 22.8 Å². The molecule has 1 aromatic carbocycles. The summed E-state index contributed by atoms with van der Waals surface area (Å²) < 4.78 is 40.0. The molecule has 0 bridgehead atoms. The summed E-state index contributed by atoms with van der Waals surface area (Å²) in [7, 11) is 0. The molecule has 32 heavy (non-hydrogen) atoms. The zero-order chi connectivity index (χ0) is 22.3. The number of fused-ring (bicyclic) bond motifs is 1. The number of hydrogen-bond donors (Lipinski definition) is 1. The lowest BCUT2D eigenvalue weighted by molar-refractivity contribution is -0.137. The molecule has 0 radical (unpaired) electrons. The summed E-state index contributed by atoms with van der Waals surface area (Å²) in [6.07, 6.45) is -0.0186. The minimum atomic E-state index is -4.47. The SMILES string of the molecule is Cc1cncc(NC(=O)c2cnn3c2C(=O)N(c2ccc(C(F)(F)F)cc2)C[C@@H]3C)c1.S. The first kappa shape index (κ1) is 23.3. The fraction of sp³-hybridized carbons (Fsp3) is 0.238. The van der Waals surface area contributed by atoms with Crippen molar-refractivity contribution in [1.82, 2.24) is 14.8 Å². The average Bonchev–Trinajstić information content (AvgIpc) is 3.16. The molecule has 0 saturated heterocycles. The third kappa shape index (κ3) is 4.33. The van der Waals surface area contributed by atoms with Gasteiger partial charge in [0.05, 0.1) is 35.2 Å². The van der Waals surface area contributed by atoms with E-state index in [0.717, 1.165) is 17.7 Å². The smallest absolute Gasteiger partial charge is 0.320 e. The predicted molar refractivity (Wildman–Crippen MR) is 117 cm³/mol. The number of nitrogens with one attached hydrogen (secondary N) is 1. The number of anilines is 2. The summed E-state index contributed by atoms with van der Waals surface area (Å²) in [6, 6.07) is 5.81. The second kappa shape index (κ2) is 8.65. The number of amides is 2.